The fourth-order valence-corrected chi connectivity index (χ4v) is 2.70. The normalized spacial score (nSPS) is 19.1. The minimum absolute atomic E-state index is 0.143. The maximum Gasteiger partial charge on any atom is 0.130 e. The van der Waals surface area contributed by atoms with E-state index in [4.69, 9.17) is 0 Å². The molecule has 1 aromatic carbocycles. The predicted molar refractivity (Wildman–Crippen MR) is 68.3 cm³/mol. The van der Waals surface area contributed by atoms with E-state index in [0.29, 0.717) is 4.75 Å². The molecule has 0 spiro atoms. The van der Waals surface area contributed by atoms with E-state index in [1.54, 1.807) is 6.92 Å². The van der Waals surface area contributed by atoms with Crippen molar-refractivity contribution in [3.05, 3.63) is 35.4 Å². The van der Waals surface area contributed by atoms with Crippen LogP contribution < -0.4 is 5.32 Å². The molecule has 1 nitrogen and oxygen atoms in total. The number of halogens is 2. The molecule has 1 unspecified atom stereocenters. The second kappa shape index (κ2) is 4.94. The highest BCUT2D eigenvalue weighted by molar-refractivity contribution is 8.00. The van der Waals surface area contributed by atoms with Crippen LogP contribution in [0.5, 0.6) is 0 Å². The molecule has 0 saturated heterocycles. The maximum absolute atomic E-state index is 13.5. The van der Waals surface area contributed by atoms with Gasteiger partial charge in [0.05, 0.1) is 0 Å². The van der Waals surface area contributed by atoms with Crippen molar-refractivity contribution in [3.63, 3.8) is 0 Å². The number of rotatable bonds is 5. The first-order valence-corrected chi connectivity index (χ1v) is 7.03. The molecule has 0 aliphatic heterocycles. The molecule has 1 aliphatic carbocycles. The molecule has 0 aromatic heterocycles. The molecule has 1 aliphatic rings. The Morgan fingerprint density at radius 2 is 1.94 bits per heavy atom. The molecule has 94 valence electrons. The summed E-state index contributed by atoms with van der Waals surface area (Å²) < 4.78 is 27.4. The van der Waals surface area contributed by atoms with Gasteiger partial charge in [0, 0.05) is 22.9 Å². The van der Waals surface area contributed by atoms with E-state index in [-0.39, 0.29) is 11.6 Å². The van der Waals surface area contributed by atoms with Crippen molar-refractivity contribution in [1.82, 2.24) is 5.32 Å². The molecule has 1 N–H and O–H groups in total. The molecular weight excluding hydrogens is 240 g/mol. The van der Waals surface area contributed by atoms with Gasteiger partial charge in [-0.25, -0.2) is 8.78 Å². The van der Waals surface area contributed by atoms with Gasteiger partial charge in [-0.05, 0) is 38.2 Å². The van der Waals surface area contributed by atoms with Gasteiger partial charge in [-0.15, -0.1) is 0 Å². The fraction of sp³-hybridized carbons (Fsp3) is 0.538. The van der Waals surface area contributed by atoms with Crippen LogP contribution in [-0.4, -0.2) is 17.5 Å². The van der Waals surface area contributed by atoms with Crippen LogP contribution in [0.4, 0.5) is 8.78 Å². The van der Waals surface area contributed by atoms with Crippen LogP contribution in [0.1, 0.15) is 31.4 Å². The monoisotopic (exact) mass is 257 g/mol. The van der Waals surface area contributed by atoms with E-state index in [9.17, 15) is 8.78 Å². The second-order valence-corrected chi connectivity index (χ2v) is 5.90. The zero-order valence-corrected chi connectivity index (χ0v) is 10.9. The highest BCUT2D eigenvalue weighted by atomic mass is 32.2. The average molecular weight is 257 g/mol. The predicted octanol–water partition coefficient (Wildman–Crippen LogP) is 3.51. The molecule has 2 rings (SSSR count). The van der Waals surface area contributed by atoms with Crippen molar-refractivity contribution in [2.24, 2.45) is 0 Å². The molecule has 1 atom stereocenters. The van der Waals surface area contributed by atoms with E-state index in [0.717, 1.165) is 6.54 Å². The Kier molecular flexibility index (Phi) is 3.73. The lowest BCUT2D eigenvalue weighted by Gasteiger charge is -2.19. The van der Waals surface area contributed by atoms with Gasteiger partial charge in [0.1, 0.15) is 11.6 Å². The highest BCUT2D eigenvalue weighted by Gasteiger charge is 2.41. The SMILES string of the molecule is CSC1(CNC(C)c2c(F)cccc2F)CC1. The topological polar surface area (TPSA) is 12.0 Å². The Bertz CT molecular complexity index is 384. The van der Waals surface area contributed by atoms with Crippen molar-refractivity contribution >= 4 is 11.8 Å². The molecule has 1 saturated carbocycles. The lowest BCUT2D eigenvalue weighted by Crippen LogP contribution is -2.29. The Labute approximate surface area is 105 Å². The first-order chi connectivity index (χ1) is 8.08. The van der Waals surface area contributed by atoms with Gasteiger partial charge in [0.15, 0.2) is 0 Å². The largest absolute Gasteiger partial charge is 0.309 e. The van der Waals surface area contributed by atoms with E-state index in [2.05, 4.69) is 11.6 Å². The Balaban J connectivity index is 2.02. The summed E-state index contributed by atoms with van der Waals surface area (Å²) in [6.07, 6.45) is 4.46. The number of thioether (sulfide) groups is 1. The standard InChI is InChI=1S/C13H17F2NS/c1-9(16-8-13(17-2)6-7-13)12-10(14)4-3-5-11(12)15/h3-5,9,16H,6-8H2,1-2H3. The highest BCUT2D eigenvalue weighted by Crippen LogP contribution is 2.46. The average Bonchev–Trinajstić information content (AvgIpc) is 3.07. The van der Waals surface area contributed by atoms with Gasteiger partial charge in [-0.2, -0.15) is 11.8 Å². The maximum atomic E-state index is 13.5. The van der Waals surface area contributed by atoms with E-state index < -0.39 is 11.6 Å². The second-order valence-electron chi connectivity index (χ2n) is 4.63. The lowest BCUT2D eigenvalue weighted by molar-refractivity contribution is 0.485. The zero-order chi connectivity index (χ0) is 12.5. The fourth-order valence-electron chi connectivity index (χ4n) is 1.96. The molecule has 0 heterocycles. The molecule has 1 fully saturated rings. The summed E-state index contributed by atoms with van der Waals surface area (Å²) in [4.78, 5) is 0. The smallest absolute Gasteiger partial charge is 0.130 e. The van der Waals surface area contributed by atoms with Gasteiger partial charge < -0.3 is 5.32 Å². The zero-order valence-electron chi connectivity index (χ0n) is 10.1. The number of hydrogen-bond donors (Lipinski definition) is 1. The molecule has 1 aromatic rings. The minimum Gasteiger partial charge on any atom is -0.309 e. The molecule has 0 radical (unpaired) electrons. The minimum atomic E-state index is -0.473. The van der Waals surface area contributed by atoms with E-state index >= 15 is 0 Å². The summed E-state index contributed by atoms with van der Waals surface area (Å²) >= 11 is 1.83. The van der Waals surface area contributed by atoms with Crippen LogP contribution >= 0.6 is 11.8 Å². The van der Waals surface area contributed by atoms with E-state index in [1.165, 1.54) is 31.0 Å². The van der Waals surface area contributed by atoms with Gasteiger partial charge in [-0.1, -0.05) is 6.07 Å². The molecule has 4 heteroatoms. The summed E-state index contributed by atoms with van der Waals surface area (Å²) in [5, 5.41) is 3.23. The Morgan fingerprint density at radius 3 is 2.41 bits per heavy atom. The summed E-state index contributed by atoms with van der Waals surface area (Å²) in [6.45, 7) is 2.61. The van der Waals surface area contributed by atoms with Crippen LogP contribution in [0, 0.1) is 11.6 Å². The molecule has 0 bridgehead atoms. The third-order valence-corrected chi connectivity index (χ3v) is 4.82. The Hall–Kier alpha value is -0.610. The van der Waals surface area contributed by atoms with Crippen molar-refractivity contribution in [2.75, 3.05) is 12.8 Å². The van der Waals surface area contributed by atoms with Gasteiger partial charge in [0.25, 0.3) is 0 Å². The van der Waals surface area contributed by atoms with Gasteiger partial charge >= 0.3 is 0 Å². The third-order valence-electron chi connectivity index (χ3n) is 3.40. The van der Waals surface area contributed by atoms with Crippen molar-refractivity contribution in [2.45, 2.75) is 30.6 Å². The third kappa shape index (κ3) is 2.80. The summed E-state index contributed by atoms with van der Waals surface area (Å²) in [7, 11) is 0. The van der Waals surface area contributed by atoms with Gasteiger partial charge in [0.2, 0.25) is 0 Å². The molecule has 17 heavy (non-hydrogen) atoms. The van der Waals surface area contributed by atoms with Crippen LogP contribution in [-0.2, 0) is 0 Å². The molecular formula is C13H17F2NS. The van der Waals surface area contributed by atoms with Crippen LogP contribution in [0.15, 0.2) is 18.2 Å². The molecule has 0 amide bonds. The summed E-state index contributed by atoms with van der Waals surface area (Å²) in [5.41, 5.74) is 0.143. The van der Waals surface area contributed by atoms with Crippen molar-refractivity contribution in [1.29, 1.82) is 0 Å². The first kappa shape index (κ1) is 12.8. The first-order valence-electron chi connectivity index (χ1n) is 5.80. The number of hydrogen-bond acceptors (Lipinski definition) is 2. The number of benzene rings is 1. The van der Waals surface area contributed by atoms with Crippen LogP contribution in [0.2, 0.25) is 0 Å². The van der Waals surface area contributed by atoms with Crippen molar-refractivity contribution in [3.8, 4) is 0 Å². The number of nitrogens with one attached hydrogen (secondary N) is 1. The summed E-state index contributed by atoms with van der Waals surface area (Å²) in [6, 6.07) is 3.71. The van der Waals surface area contributed by atoms with Gasteiger partial charge in [-0.3, -0.25) is 0 Å². The quantitative estimate of drug-likeness (QED) is 0.866. The van der Waals surface area contributed by atoms with E-state index in [1.807, 2.05) is 11.8 Å². The van der Waals surface area contributed by atoms with Crippen molar-refractivity contribution < 1.29 is 8.78 Å². The van der Waals surface area contributed by atoms with Crippen LogP contribution in [0.25, 0.3) is 0 Å². The Morgan fingerprint density at radius 1 is 1.35 bits per heavy atom. The lowest BCUT2D eigenvalue weighted by atomic mass is 10.1. The summed E-state index contributed by atoms with van der Waals surface area (Å²) in [5.74, 6) is -0.946. The van der Waals surface area contributed by atoms with Crippen LogP contribution in [0.3, 0.4) is 0 Å².